The molecule has 1 fully saturated rings. The summed E-state index contributed by atoms with van der Waals surface area (Å²) in [6.07, 6.45) is 4.86. The number of fused-ring (bicyclic) bond motifs is 1. The Morgan fingerprint density at radius 3 is 2.23 bits per heavy atom. The molecule has 0 atom stereocenters. The number of carbonyl (C=O) groups excluding carboxylic acids is 2. The first kappa shape index (κ1) is 17.3. The van der Waals surface area contributed by atoms with Gasteiger partial charge >= 0.3 is 0 Å². The second kappa shape index (κ2) is 7.23. The van der Waals surface area contributed by atoms with E-state index in [0.29, 0.717) is 31.7 Å². The van der Waals surface area contributed by atoms with Crippen molar-refractivity contribution < 1.29 is 9.59 Å². The zero-order valence-electron chi connectivity index (χ0n) is 14.5. The Morgan fingerprint density at radius 1 is 0.885 bits per heavy atom. The largest absolute Gasteiger partial charge is 0.335 e. The summed E-state index contributed by atoms with van der Waals surface area (Å²) in [4.78, 5) is 29.3. The molecule has 1 saturated heterocycles. The van der Waals surface area contributed by atoms with E-state index in [1.54, 1.807) is 6.20 Å². The Balaban J connectivity index is 1.42. The van der Waals surface area contributed by atoms with Crippen LogP contribution in [0.2, 0.25) is 0 Å². The van der Waals surface area contributed by atoms with E-state index >= 15 is 0 Å². The highest BCUT2D eigenvalue weighted by Crippen LogP contribution is 2.22. The molecular weight excluding hydrogens is 396 g/mol. The van der Waals surface area contributed by atoms with Gasteiger partial charge in [0.1, 0.15) is 0 Å². The van der Waals surface area contributed by atoms with E-state index in [1.165, 1.54) is 0 Å². The summed E-state index contributed by atoms with van der Waals surface area (Å²) in [5.74, 6) is 0.0497. The molecule has 6 nitrogen and oxygen atoms in total. The van der Waals surface area contributed by atoms with Crippen LogP contribution in [-0.4, -0.2) is 57.6 Å². The lowest BCUT2D eigenvalue weighted by molar-refractivity contribution is 0.0534. The van der Waals surface area contributed by atoms with Crippen molar-refractivity contribution in [2.45, 2.75) is 25.8 Å². The molecule has 0 N–H and O–H groups in total. The van der Waals surface area contributed by atoms with E-state index < -0.39 is 0 Å². The second-order valence-corrected chi connectivity index (χ2v) is 7.60. The minimum atomic E-state index is 0.00693. The molecule has 2 aromatic rings. The van der Waals surface area contributed by atoms with Crippen LogP contribution in [0, 0.1) is 0 Å². The molecule has 4 rings (SSSR count). The van der Waals surface area contributed by atoms with Gasteiger partial charge in [0.25, 0.3) is 11.8 Å². The molecule has 0 aliphatic carbocycles. The molecule has 1 aromatic heterocycles. The van der Waals surface area contributed by atoms with Gasteiger partial charge in [0.2, 0.25) is 0 Å². The summed E-state index contributed by atoms with van der Waals surface area (Å²) in [7, 11) is 0. The van der Waals surface area contributed by atoms with Gasteiger partial charge in [0, 0.05) is 37.2 Å². The number of hydrogen-bond acceptors (Lipinski definition) is 3. The summed E-state index contributed by atoms with van der Waals surface area (Å²) in [5, 5.41) is 4.36. The Labute approximate surface area is 160 Å². The summed E-state index contributed by atoms with van der Waals surface area (Å²) >= 11 is 3.44. The van der Waals surface area contributed by atoms with Crippen LogP contribution in [0.1, 0.15) is 39.3 Å². The van der Waals surface area contributed by atoms with Crippen LogP contribution in [-0.2, 0) is 13.0 Å². The molecule has 0 bridgehead atoms. The predicted octanol–water partition coefficient (Wildman–Crippen LogP) is 2.58. The first-order valence-corrected chi connectivity index (χ1v) is 9.82. The number of aromatic nitrogens is 2. The SMILES string of the molecule is O=C(c1ccccc1Br)N1CCN(C(=O)c2cnn3c2CCCC3)CC1. The molecule has 0 unspecified atom stereocenters. The molecule has 2 aliphatic rings. The smallest absolute Gasteiger partial charge is 0.257 e. The molecule has 0 radical (unpaired) electrons. The fourth-order valence-corrected chi connectivity index (χ4v) is 4.14. The number of carbonyl (C=O) groups is 2. The normalized spacial score (nSPS) is 17.1. The lowest BCUT2D eigenvalue weighted by atomic mass is 10.1. The molecule has 26 heavy (non-hydrogen) atoms. The Kier molecular flexibility index (Phi) is 4.80. The summed E-state index contributed by atoms with van der Waals surface area (Å²) < 4.78 is 2.76. The van der Waals surface area contributed by atoms with E-state index in [0.717, 1.165) is 41.5 Å². The number of aryl methyl sites for hydroxylation is 1. The molecule has 1 aromatic carbocycles. The summed E-state index contributed by atoms with van der Waals surface area (Å²) in [6.45, 7) is 3.11. The van der Waals surface area contributed by atoms with Crippen LogP contribution in [0.5, 0.6) is 0 Å². The first-order valence-electron chi connectivity index (χ1n) is 9.03. The van der Waals surface area contributed by atoms with Gasteiger partial charge in [0.15, 0.2) is 0 Å². The molecular formula is C19H21BrN4O2. The number of rotatable bonds is 2. The Morgan fingerprint density at radius 2 is 1.54 bits per heavy atom. The number of amides is 2. The van der Waals surface area contributed by atoms with E-state index in [-0.39, 0.29) is 11.8 Å². The number of nitrogens with zero attached hydrogens (tertiary/aromatic N) is 4. The maximum absolute atomic E-state index is 12.9. The van der Waals surface area contributed by atoms with E-state index in [4.69, 9.17) is 0 Å². The molecule has 3 heterocycles. The molecule has 2 amide bonds. The highest BCUT2D eigenvalue weighted by molar-refractivity contribution is 9.10. The van der Waals surface area contributed by atoms with Crippen molar-refractivity contribution in [3.63, 3.8) is 0 Å². The minimum absolute atomic E-state index is 0.00693. The van der Waals surface area contributed by atoms with Crippen molar-refractivity contribution in [3.8, 4) is 0 Å². The van der Waals surface area contributed by atoms with Crippen molar-refractivity contribution in [2.24, 2.45) is 0 Å². The van der Waals surface area contributed by atoms with Crippen LogP contribution >= 0.6 is 15.9 Å². The fourth-order valence-electron chi connectivity index (χ4n) is 3.69. The summed E-state index contributed by atoms with van der Waals surface area (Å²) in [6, 6.07) is 7.45. The van der Waals surface area contributed by atoms with Crippen LogP contribution < -0.4 is 0 Å². The number of piperazine rings is 1. The third kappa shape index (κ3) is 3.16. The van der Waals surface area contributed by atoms with E-state index in [9.17, 15) is 9.59 Å². The van der Waals surface area contributed by atoms with Gasteiger partial charge in [-0.3, -0.25) is 14.3 Å². The molecule has 7 heteroatoms. The number of hydrogen-bond donors (Lipinski definition) is 0. The number of halogens is 1. The fraction of sp³-hybridized carbons (Fsp3) is 0.421. The topological polar surface area (TPSA) is 58.4 Å². The molecule has 0 spiro atoms. The maximum atomic E-state index is 12.9. The van der Waals surface area contributed by atoms with Crippen LogP contribution in [0.4, 0.5) is 0 Å². The van der Waals surface area contributed by atoms with E-state index in [1.807, 2.05) is 38.7 Å². The zero-order chi connectivity index (χ0) is 18.1. The van der Waals surface area contributed by atoms with Gasteiger partial charge in [-0.1, -0.05) is 12.1 Å². The highest BCUT2D eigenvalue weighted by Gasteiger charge is 2.29. The first-order chi connectivity index (χ1) is 12.6. The number of benzene rings is 1. The highest BCUT2D eigenvalue weighted by atomic mass is 79.9. The van der Waals surface area contributed by atoms with E-state index in [2.05, 4.69) is 21.0 Å². The van der Waals surface area contributed by atoms with Gasteiger partial charge in [-0.2, -0.15) is 5.10 Å². The van der Waals surface area contributed by atoms with Gasteiger partial charge in [0.05, 0.1) is 23.0 Å². The molecule has 136 valence electrons. The molecule has 2 aliphatic heterocycles. The average Bonchev–Trinajstić information content (AvgIpc) is 3.11. The monoisotopic (exact) mass is 416 g/mol. The van der Waals surface area contributed by atoms with Crippen molar-refractivity contribution in [1.29, 1.82) is 0 Å². The molecule has 0 saturated carbocycles. The Bertz CT molecular complexity index is 840. The van der Waals surface area contributed by atoms with Gasteiger partial charge in [-0.05, 0) is 47.3 Å². The van der Waals surface area contributed by atoms with Crippen molar-refractivity contribution in [3.05, 3.63) is 51.8 Å². The minimum Gasteiger partial charge on any atom is -0.335 e. The summed E-state index contributed by atoms with van der Waals surface area (Å²) in [5.41, 5.74) is 2.46. The Hall–Kier alpha value is -2.15. The average molecular weight is 417 g/mol. The third-order valence-corrected chi connectivity index (χ3v) is 5.86. The van der Waals surface area contributed by atoms with Crippen LogP contribution in [0.25, 0.3) is 0 Å². The van der Waals surface area contributed by atoms with Crippen LogP contribution in [0.15, 0.2) is 34.9 Å². The van der Waals surface area contributed by atoms with Crippen molar-refractivity contribution in [2.75, 3.05) is 26.2 Å². The van der Waals surface area contributed by atoms with Gasteiger partial charge in [-0.25, -0.2) is 0 Å². The van der Waals surface area contributed by atoms with Crippen molar-refractivity contribution in [1.82, 2.24) is 19.6 Å². The van der Waals surface area contributed by atoms with Gasteiger partial charge < -0.3 is 9.80 Å². The van der Waals surface area contributed by atoms with Crippen LogP contribution in [0.3, 0.4) is 0 Å². The zero-order valence-corrected chi connectivity index (χ0v) is 16.1. The lowest BCUT2D eigenvalue weighted by Crippen LogP contribution is -2.50. The quantitative estimate of drug-likeness (QED) is 0.755. The lowest BCUT2D eigenvalue weighted by Gasteiger charge is -2.35. The van der Waals surface area contributed by atoms with Crippen molar-refractivity contribution >= 4 is 27.7 Å². The second-order valence-electron chi connectivity index (χ2n) is 6.75. The maximum Gasteiger partial charge on any atom is 0.257 e. The predicted molar refractivity (Wildman–Crippen MR) is 101 cm³/mol. The van der Waals surface area contributed by atoms with Gasteiger partial charge in [-0.15, -0.1) is 0 Å². The third-order valence-electron chi connectivity index (χ3n) is 5.17. The standard InChI is InChI=1S/C19H21BrN4O2/c20-16-6-2-1-5-14(16)18(25)22-9-11-23(12-10-22)19(26)15-13-21-24-8-4-3-7-17(15)24/h1-2,5-6,13H,3-4,7-12H2.